The average Bonchev–Trinajstić information content (AvgIpc) is 3.03. The van der Waals surface area contributed by atoms with Crippen LogP contribution in [0.1, 0.15) is 39.5 Å². The Hall–Kier alpha value is -0.290. The van der Waals surface area contributed by atoms with Crippen molar-refractivity contribution in [3.63, 3.8) is 0 Å². The van der Waals surface area contributed by atoms with Crippen LogP contribution < -0.4 is 5.32 Å². The molecule has 0 radical (unpaired) electrons. The second-order valence-corrected chi connectivity index (χ2v) is 4.86. The second kappa shape index (κ2) is 6.59. The minimum Gasteiger partial charge on any atom is -0.317 e. The Morgan fingerprint density at radius 3 is 2.47 bits per heavy atom. The van der Waals surface area contributed by atoms with E-state index in [9.17, 15) is 13.2 Å². The van der Waals surface area contributed by atoms with Crippen LogP contribution in [0.25, 0.3) is 0 Å². The Bertz CT molecular complexity index is 214. The molecule has 5 heteroatoms. The van der Waals surface area contributed by atoms with Gasteiger partial charge in [0.05, 0.1) is 6.54 Å². The van der Waals surface area contributed by atoms with Gasteiger partial charge < -0.3 is 5.32 Å². The van der Waals surface area contributed by atoms with E-state index in [1.807, 2.05) is 13.8 Å². The fraction of sp³-hybridized carbons (Fsp3) is 1.00. The van der Waals surface area contributed by atoms with Gasteiger partial charge in [-0.15, -0.1) is 0 Å². The third-order valence-corrected chi connectivity index (χ3v) is 3.17. The highest BCUT2D eigenvalue weighted by atomic mass is 19.4. The zero-order chi connectivity index (χ0) is 12.9. The molecule has 1 aliphatic carbocycles. The lowest BCUT2D eigenvalue weighted by atomic mass is 10.1. The van der Waals surface area contributed by atoms with Crippen LogP contribution in [0.15, 0.2) is 0 Å². The van der Waals surface area contributed by atoms with Crippen LogP contribution in [0.4, 0.5) is 13.2 Å². The van der Waals surface area contributed by atoms with Crippen molar-refractivity contribution in [1.82, 2.24) is 10.2 Å². The maximum absolute atomic E-state index is 12.4. The molecule has 0 bridgehead atoms. The van der Waals surface area contributed by atoms with E-state index < -0.39 is 12.7 Å². The lowest BCUT2D eigenvalue weighted by molar-refractivity contribution is -0.152. The zero-order valence-electron chi connectivity index (χ0n) is 10.7. The topological polar surface area (TPSA) is 15.3 Å². The molecule has 1 fully saturated rings. The maximum Gasteiger partial charge on any atom is 0.401 e. The standard InChI is InChI=1S/C12H23F3N2/c1-3-16-8-4-5-10(2)17(11-6-7-11)9-12(13,14)15/h10-11,16H,3-9H2,1-2H3. The van der Waals surface area contributed by atoms with Crippen LogP contribution in [0.2, 0.25) is 0 Å². The van der Waals surface area contributed by atoms with Gasteiger partial charge in [-0.1, -0.05) is 6.92 Å². The zero-order valence-corrected chi connectivity index (χ0v) is 10.7. The van der Waals surface area contributed by atoms with Crippen LogP contribution in [0, 0.1) is 0 Å². The third kappa shape index (κ3) is 6.27. The molecular formula is C12H23F3N2. The molecule has 0 heterocycles. The molecule has 1 saturated carbocycles. The van der Waals surface area contributed by atoms with E-state index in [1.54, 1.807) is 4.90 Å². The van der Waals surface area contributed by atoms with Gasteiger partial charge in [-0.05, 0) is 45.7 Å². The number of rotatable bonds is 8. The van der Waals surface area contributed by atoms with Gasteiger partial charge in [0.15, 0.2) is 0 Å². The second-order valence-electron chi connectivity index (χ2n) is 4.86. The summed E-state index contributed by atoms with van der Waals surface area (Å²) >= 11 is 0. The van der Waals surface area contributed by atoms with Crippen molar-refractivity contribution in [3.05, 3.63) is 0 Å². The molecule has 0 aromatic heterocycles. The normalized spacial score (nSPS) is 18.7. The molecular weight excluding hydrogens is 229 g/mol. The van der Waals surface area contributed by atoms with Gasteiger partial charge in [0.1, 0.15) is 0 Å². The fourth-order valence-corrected chi connectivity index (χ4v) is 2.12. The summed E-state index contributed by atoms with van der Waals surface area (Å²) < 4.78 is 37.3. The van der Waals surface area contributed by atoms with Crippen molar-refractivity contribution in [1.29, 1.82) is 0 Å². The van der Waals surface area contributed by atoms with Gasteiger partial charge in [-0.2, -0.15) is 13.2 Å². The first-order valence-corrected chi connectivity index (χ1v) is 6.47. The number of hydrogen-bond donors (Lipinski definition) is 1. The third-order valence-electron chi connectivity index (χ3n) is 3.17. The molecule has 0 aliphatic heterocycles. The maximum atomic E-state index is 12.4. The summed E-state index contributed by atoms with van der Waals surface area (Å²) in [5.41, 5.74) is 0. The van der Waals surface area contributed by atoms with Crippen molar-refractivity contribution < 1.29 is 13.2 Å². The molecule has 1 rings (SSSR count). The number of nitrogens with zero attached hydrogens (tertiary/aromatic N) is 1. The van der Waals surface area contributed by atoms with Crippen molar-refractivity contribution >= 4 is 0 Å². The summed E-state index contributed by atoms with van der Waals surface area (Å²) in [6, 6.07) is 0.202. The predicted molar refractivity (Wildman–Crippen MR) is 63.0 cm³/mol. The molecule has 17 heavy (non-hydrogen) atoms. The van der Waals surface area contributed by atoms with Gasteiger partial charge in [0.25, 0.3) is 0 Å². The minimum atomic E-state index is -4.07. The molecule has 0 saturated heterocycles. The lowest BCUT2D eigenvalue weighted by Crippen LogP contribution is -2.42. The van der Waals surface area contributed by atoms with Gasteiger partial charge in [-0.3, -0.25) is 4.90 Å². The van der Waals surface area contributed by atoms with Crippen LogP contribution in [0.3, 0.4) is 0 Å². The molecule has 0 aromatic carbocycles. The first kappa shape index (κ1) is 14.8. The Kier molecular flexibility index (Phi) is 5.73. The smallest absolute Gasteiger partial charge is 0.317 e. The Morgan fingerprint density at radius 1 is 1.35 bits per heavy atom. The molecule has 102 valence electrons. The largest absolute Gasteiger partial charge is 0.401 e. The fourth-order valence-electron chi connectivity index (χ4n) is 2.12. The average molecular weight is 252 g/mol. The molecule has 2 nitrogen and oxygen atoms in total. The monoisotopic (exact) mass is 252 g/mol. The van der Waals surface area contributed by atoms with Gasteiger partial charge in [0, 0.05) is 12.1 Å². The Balaban J connectivity index is 2.30. The van der Waals surface area contributed by atoms with Crippen molar-refractivity contribution in [2.24, 2.45) is 0 Å². The molecule has 0 amide bonds. The number of alkyl halides is 3. The van der Waals surface area contributed by atoms with E-state index in [0.29, 0.717) is 0 Å². The predicted octanol–water partition coefficient (Wildman–Crippen LogP) is 2.79. The number of hydrogen-bond acceptors (Lipinski definition) is 2. The van der Waals surface area contributed by atoms with Crippen LogP contribution >= 0.6 is 0 Å². The Labute approximate surface area is 102 Å². The van der Waals surface area contributed by atoms with E-state index >= 15 is 0 Å². The quantitative estimate of drug-likeness (QED) is 0.668. The van der Waals surface area contributed by atoms with Gasteiger partial charge >= 0.3 is 6.18 Å². The first-order chi connectivity index (χ1) is 7.94. The summed E-state index contributed by atoms with van der Waals surface area (Å²) in [5, 5.41) is 3.19. The van der Waals surface area contributed by atoms with E-state index in [-0.39, 0.29) is 12.1 Å². The van der Waals surface area contributed by atoms with Gasteiger partial charge in [0.2, 0.25) is 0 Å². The SMILES string of the molecule is CCNCCCC(C)N(CC(F)(F)F)C1CC1. The summed E-state index contributed by atoms with van der Waals surface area (Å²) in [7, 11) is 0. The molecule has 1 N–H and O–H groups in total. The van der Waals surface area contributed by atoms with Crippen molar-refractivity contribution in [2.75, 3.05) is 19.6 Å². The van der Waals surface area contributed by atoms with Crippen molar-refractivity contribution in [3.8, 4) is 0 Å². The van der Waals surface area contributed by atoms with Crippen molar-refractivity contribution in [2.45, 2.75) is 57.8 Å². The number of halogens is 3. The molecule has 0 aromatic rings. The summed E-state index contributed by atoms with van der Waals surface area (Å²) in [6.45, 7) is 5.01. The minimum absolute atomic E-state index is 0.0304. The molecule has 0 spiro atoms. The highest BCUT2D eigenvalue weighted by molar-refractivity contribution is 4.88. The van der Waals surface area contributed by atoms with E-state index in [2.05, 4.69) is 5.32 Å². The van der Waals surface area contributed by atoms with Crippen LogP contribution in [-0.4, -0.2) is 42.8 Å². The first-order valence-electron chi connectivity index (χ1n) is 6.47. The van der Waals surface area contributed by atoms with Crippen LogP contribution in [0.5, 0.6) is 0 Å². The highest BCUT2D eigenvalue weighted by Gasteiger charge is 2.39. The van der Waals surface area contributed by atoms with E-state index in [1.165, 1.54) is 0 Å². The molecule has 1 aliphatic rings. The summed E-state index contributed by atoms with van der Waals surface area (Å²) in [6.07, 6.45) is -0.449. The number of nitrogens with one attached hydrogen (secondary N) is 1. The van der Waals surface area contributed by atoms with Gasteiger partial charge in [-0.25, -0.2) is 0 Å². The summed E-state index contributed by atoms with van der Waals surface area (Å²) in [4.78, 5) is 1.63. The van der Waals surface area contributed by atoms with E-state index in [0.717, 1.165) is 38.8 Å². The Morgan fingerprint density at radius 2 is 2.00 bits per heavy atom. The lowest BCUT2D eigenvalue weighted by Gasteiger charge is -2.30. The van der Waals surface area contributed by atoms with E-state index in [4.69, 9.17) is 0 Å². The van der Waals surface area contributed by atoms with Crippen LogP contribution in [-0.2, 0) is 0 Å². The molecule has 1 unspecified atom stereocenters. The molecule has 1 atom stereocenters. The highest BCUT2D eigenvalue weighted by Crippen LogP contribution is 2.32. The summed E-state index contributed by atoms with van der Waals surface area (Å²) in [5.74, 6) is 0.